The molecule has 0 bridgehead atoms. The lowest BCUT2D eigenvalue weighted by Gasteiger charge is -2.16. The predicted octanol–water partition coefficient (Wildman–Crippen LogP) is 2.78. The van der Waals surface area contributed by atoms with Crippen molar-refractivity contribution in [3.8, 4) is 11.1 Å². The van der Waals surface area contributed by atoms with Gasteiger partial charge in [0.05, 0.1) is 18.3 Å². The van der Waals surface area contributed by atoms with Gasteiger partial charge in [0.1, 0.15) is 29.6 Å². The van der Waals surface area contributed by atoms with E-state index in [1.165, 1.54) is 18.3 Å². The summed E-state index contributed by atoms with van der Waals surface area (Å²) in [6.45, 7) is 0.0538. The molecule has 4 N–H and O–H groups in total. The minimum absolute atomic E-state index is 0.0103. The fourth-order valence-electron chi connectivity index (χ4n) is 4.86. The first kappa shape index (κ1) is 24.0. The molecular formula is C25H27F2N7O2. The first-order valence-corrected chi connectivity index (χ1v) is 11.8. The zero-order chi connectivity index (χ0) is 25.4. The zero-order valence-electron chi connectivity index (χ0n) is 19.7. The predicted molar refractivity (Wildman–Crippen MR) is 129 cm³/mol. The molecule has 1 aliphatic carbocycles. The summed E-state index contributed by atoms with van der Waals surface area (Å²) < 4.78 is 31.5. The molecule has 3 heterocycles. The van der Waals surface area contributed by atoms with Gasteiger partial charge in [0.2, 0.25) is 0 Å². The minimum atomic E-state index is -1.20. The summed E-state index contributed by atoms with van der Waals surface area (Å²) >= 11 is 0. The number of aliphatic hydroxyl groups is 1. The zero-order valence-corrected chi connectivity index (χ0v) is 19.7. The number of amides is 1. The largest absolute Gasteiger partial charge is 0.377 e. The number of nitrogens with one attached hydrogen (secondary N) is 1. The van der Waals surface area contributed by atoms with Crippen LogP contribution in [0.5, 0.6) is 0 Å². The highest BCUT2D eigenvalue weighted by Gasteiger charge is 2.31. The van der Waals surface area contributed by atoms with E-state index in [1.54, 1.807) is 40.8 Å². The van der Waals surface area contributed by atoms with E-state index in [-0.39, 0.29) is 24.7 Å². The number of benzene rings is 1. The van der Waals surface area contributed by atoms with Crippen molar-refractivity contribution >= 4 is 16.9 Å². The molecule has 1 aromatic carbocycles. The van der Waals surface area contributed by atoms with Gasteiger partial charge in [-0.1, -0.05) is 0 Å². The van der Waals surface area contributed by atoms with Crippen molar-refractivity contribution in [3.05, 3.63) is 65.8 Å². The van der Waals surface area contributed by atoms with Gasteiger partial charge in [0.25, 0.3) is 5.91 Å². The quantitative estimate of drug-likeness (QED) is 0.339. The van der Waals surface area contributed by atoms with E-state index in [0.717, 1.165) is 5.56 Å². The average molecular weight is 496 g/mol. The van der Waals surface area contributed by atoms with Gasteiger partial charge in [-0.15, -0.1) is 0 Å². The first-order valence-electron chi connectivity index (χ1n) is 11.8. The van der Waals surface area contributed by atoms with E-state index < -0.39 is 24.1 Å². The van der Waals surface area contributed by atoms with Crippen molar-refractivity contribution in [1.82, 2.24) is 29.6 Å². The standard InChI is InChI=1S/C25H27F2N7O2/c1-33-12-17(11-31-33)16-6-14(7-19(27)9-16)10-30-25(36)22-23-20(4-5-29-22)32-24(34(23)13-21(28)35)15-2-3-18(26)8-15/h4-7,9,11-12,15,18,21,35H,2-3,8,10,13,28H2,1H3,(H,30,36). The van der Waals surface area contributed by atoms with Crippen LogP contribution in [0.1, 0.15) is 47.1 Å². The second kappa shape index (κ2) is 9.75. The molecule has 1 fully saturated rings. The Morgan fingerprint density at radius 2 is 2.14 bits per heavy atom. The Balaban J connectivity index is 1.44. The number of imidazole rings is 1. The number of alkyl halides is 1. The molecular weight excluding hydrogens is 468 g/mol. The molecule has 36 heavy (non-hydrogen) atoms. The number of carbonyl (C=O) groups is 1. The van der Waals surface area contributed by atoms with E-state index in [4.69, 9.17) is 5.73 Å². The Hall–Kier alpha value is -3.70. The highest BCUT2D eigenvalue weighted by molar-refractivity contribution is 6.03. The van der Waals surface area contributed by atoms with Crippen LogP contribution in [-0.4, -0.2) is 47.7 Å². The van der Waals surface area contributed by atoms with Gasteiger partial charge in [0, 0.05) is 37.5 Å². The molecule has 188 valence electrons. The smallest absolute Gasteiger partial charge is 0.272 e. The van der Waals surface area contributed by atoms with Crippen molar-refractivity contribution in [2.24, 2.45) is 12.8 Å². The number of halogens is 2. The summed E-state index contributed by atoms with van der Waals surface area (Å²) in [4.78, 5) is 22.1. The lowest BCUT2D eigenvalue weighted by molar-refractivity contribution is 0.0946. The van der Waals surface area contributed by atoms with Gasteiger partial charge in [-0.05, 0) is 54.7 Å². The number of pyridine rings is 1. The van der Waals surface area contributed by atoms with Crippen LogP contribution in [0, 0.1) is 5.82 Å². The third-order valence-corrected chi connectivity index (χ3v) is 6.45. The number of rotatable bonds is 7. The second-order valence-corrected chi connectivity index (χ2v) is 9.22. The van der Waals surface area contributed by atoms with Crippen LogP contribution in [0.4, 0.5) is 8.78 Å². The number of nitrogens with two attached hydrogens (primary N) is 1. The summed E-state index contributed by atoms with van der Waals surface area (Å²) in [7, 11) is 1.78. The number of hydrogen-bond acceptors (Lipinski definition) is 6. The van der Waals surface area contributed by atoms with Gasteiger partial charge in [0.15, 0.2) is 5.69 Å². The fraction of sp³-hybridized carbons (Fsp3) is 0.360. The summed E-state index contributed by atoms with van der Waals surface area (Å²) in [5, 5.41) is 16.8. The van der Waals surface area contributed by atoms with Gasteiger partial charge >= 0.3 is 0 Å². The minimum Gasteiger partial charge on any atom is -0.377 e. The van der Waals surface area contributed by atoms with Crippen LogP contribution in [0.2, 0.25) is 0 Å². The van der Waals surface area contributed by atoms with Crippen molar-refractivity contribution in [1.29, 1.82) is 0 Å². The van der Waals surface area contributed by atoms with Crippen molar-refractivity contribution < 1.29 is 18.7 Å². The number of nitrogens with zero attached hydrogens (tertiary/aromatic N) is 5. The maximum Gasteiger partial charge on any atom is 0.272 e. The number of carbonyl (C=O) groups excluding carboxylic acids is 1. The fourth-order valence-corrected chi connectivity index (χ4v) is 4.86. The van der Waals surface area contributed by atoms with Crippen LogP contribution >= 0.6 is 0 Å². The van der Waals surface area contributed by atoms with Gasteiger partial charge in [-0.2, -0.15) is 5.10 Å². The number of aromatic nitrogens is 5. The summed E-state index contributed by atoms with van der Waals surface area (Å²) in [5.74, 6) is -0.465. The van der Waals surface area contributed by atoms with Crippen molar-refractivity contribution in [2.45, 2.75) is 50.7 Å². The molecule has 11 heteroatoms. The average Bonchev–Trinajstić information content (AvgIpc) is 3.55. The Morgan fingerprint density at radius 3 is 2.83 bits per heavy atom. The SMILES string of the molecule is Cn1cc(-c2cc(F)cc(CNC(=O)c3nccc4nc(C5CCC(F)C5)n(CC(N)O)c34)c2)cn1. The van der Waals surface area contributed by atoms with E-state index in [2.05, 4.69) is 20.4 Å². The summed E-state index contributed by atoms with van der Waals surface area (Å²) in [6.07, 6.45) is 4.19. The Bertz CT molecular complexity index is 1410. The molecule has 3 atom stereocenters. The topological polar surface area (TPSA) is 124 Å². The summed E-state index contributed by atoms with van der Waals surface area (Å²) in [5.41, 5.74) is 8.69. The monoisotopic (exact) mass is 495 g/mol. The molecule has 0 spiro atoms. The number of hydrogen-bond donors (Lipinski definition) is 3. The third-order valence-electron chi connectivity index (χ3n) is 6.45. The van der Waals surface area contributed by atoms with Crippen LogP contribution in [0.25, 0.3) is 22.2 Å². The normalized spacial score (nSPS) is 18.6. The molecule has 1 saturated carbocycles. The van der Waals surface area contributed by atoms with Crippen LogP contribution in [0.15, 0.2) is 42.9 Å². The number of aryl methyl sites for hydroxylation is 1. The molecule has 0 aliphatic heterocycles. The molecule has 9 nitrogen and oxygen atoms in total. The second-order valence-electron chi connectivity index (χ2n) is 9.22. The van der Waals surface area contributed by atoms with Gasteiger partial charge < -0.3 is 20.7 Å². The lowest BCUT2D eigenvalue weighted by atomic mass is 10.1. The van der Waals surface area contributed by atoms with Crippen molar-refractivity contribution in [2.75, 3.05) is 0 Å². The first-order chi connectivity index (χ1) is 17.3. The highest BCUT2D eigenvalue weighted by Crippen LogP contribution is 2.37. The number of fused-ring (bicyclic) bond motifs is 1. The van der Waals surface area contributed by atoms with Gasteiger partial charge in [-0.25, -0.2) is 18.7 Å². The molecule has 0 saturated heterocycles. The molecule has 3 aromatic heterocycles. The molecule has 4 aromatic rings. The highest BCUT2D eigenvalue weighted by atomic mass is 19.1. The van der Waals surface area contributed by atoms with E-state index in [0.29, 0.717) is 47.2 Å². The lowest BCUT2D eigenvalue weighted by Crippen LogP contribution is -2.28. The molecule has 5 rings (SSSR count). The Kier molecular flexibility index (Phi) is 6.50. The van der Waals surface area contributed by atoms with Gasteiger partial charge in [-0.3, -0.25) is 9.48 Å². The van der Waals surface area contributed by atoms with Crippen molar-refractivity contribution in [3.63, 3.8) is 0 Å². The Labute approximate surface area is 206 Å². The van der Waals surface area contributed by atoms with Crippen LogP contribution in [-0.2, 0) is 20.1 Å². The van der Waals surface area contributed by atoms with E-state index in [9.17, 15) is 18.7 Å². The number of aliphatic hydroxyl groups excluding tert-OH is 1. The maximum atomic E-state index is 14.3. The Morgan fingerprint density at radius 1 is 1.31 bits per heavy atom. The molecule has 0 radical (unpaired) electrons. The molecule has 3 unspecified atom stereocenters. The van der Waals surface area contributed by atoms with Crippen LogP contribution in [0.3, 0.4) is 0 Å². The van der Waals surface area contributed by atoms with E-state index in [1.807, 2.05) is 0 Å². The maximum absolute atomic E-state index is 14.3. The van der Waals surface area contributed by atoms with E-state index >= 15 is 0 Å². The third kappa shape index (κ3) is 4.84. The molecule has 1 aliphatic rings. The summed E-state index contributed by atoms with van der Waals surface area (Å²) in [6, 6.07) is 6.22. The van der Waals surface area contributed by atoms with Crippen LogP contribution < -0.4 is 11.1 Å². The molecule has 1 amide bonds.